The van der Waals surface area contributed by atoms with Crippen molar-refractivity contribution in [3.05, 3.63) is 65.5 Å². The minimum atomic E-state index is 0.366. The third-order valence-electron chi connectivity index (χ3n) is 3.38. The number of aliphatic imine (C=N–C) groups is 1. The van der Waals surface area contributed by atoms with Crippen molar-refractivity contribution in [2.45, 2.75) is 19.5 Å². The van der Waals surface area contributed by atoms with Crippen LogP contribution in [0.3, 0.4) is 0 Å². The van der Waals surface area contributed by atoms with E-state index in [2.05, 4.69) is 52.5 Å². The van der Waals surface area contributed by atoms with Gasteiger partial charge < -0.3 is 5.32 Å². The van der Waals surface area contributed by atoms with E-state index in [-0.39, 0.29) is 0 Å². The average Bonchev–Trinajstić information content (AvgIpc) is 2.96. The quantitative estimate of drug-likeness (QED) is 0.939. The number of aromatic nitrogens is 1. The van der Waals surface area contributed by atoms with Gasteiger partial charge >= 0.3 is 0 Å². The van der Waals surface area contributed by atoms with Gasteiger partial charge in [-0.15, -0.1) is 0 Å². The van der Waals surface area contributed by atoms with Crippen molar-refractivity contribution < 1.29 is 0 Å². The summed E-state index contributed by atoms with van der Waals surface area (Å²) in [5.74, 6) is 1.03. The Labute approximate surface area is 123 Å². The highest BCUT2D eigenvalue weighted by Gasteiger charge is 2.21. The third-order valence-corrected chi connectivity index (χ3v) is 4.40. The number of aryl methyl sites for hydroxylation is 1. The molecule has 20 heavy (non-hydrogen) atoms. The summed E-state index contributed by atoms with van der Waals surface area (Å²) in [6, 6.07) is 14.9. The van der Waals surface area contributed by atoms with Gasteiger partial charge in [-0.2, -0.15) is 0 Å². The fraction of sp³-hybridized carbons (Fsp3) is 0.250. The first-order valence-electron chi connectivity index (χ1n) is 6.72. The maximum Gasteiger partial charge on any atom is 0.157 e. The van der Waals surface area contributed by atoms with Crippen molar-refractivity contribution in [2.75, 3.05) is 5.75 Å². The predicted octanol–water partition coefficient (Wildman–Crippen LogP) is 3.32. The van der Waals surface area contributed by atoms with Gasteiger partial charge in [-0.1, -0.05) is 48.2 Å². The normalized spacial score (nSPS) is 20.1. The smallest absolute Gasteiger partial charge is 0.157 e. The minimum Gasteiger partial charge on any atom is -0.357 e. The number of nitrogens with one attached hydrogen (secondary N) is 1. The molecule has 1 atom stereocenters. The molecule has 0 saturated carbocycles. The summed E-state index contributed by atoms with van der Waals surface area (Å²) in [6.45, 7) is 2.72. The van der Waals surface area contributed by atoms with Crippen molar-refractivity contribution >= 4 is 16.9 Å². The number of hydrogen-bond acceptors (Lipinski definition) is 3. The maximum absolute atomic E-state index is 4.64. The summed E-state index contributed by atoms with van der Waals surface area (Å²) in [5.41, 5.74) is 3.56. The molecule has 0 spiro atoms. The van der Waals surface area contributed by atoms with Crippen LogP contribution < -0.4 is 5.32 Å². The second-order valence-electron chi connectivity index (χ2n) is 4.81. The molecule has 1 unspecified atom stereocenters. The molecule has 1 fully saturated rings. The van der Waals surface area contributed by atoms with Crippen molar-refractivity contribution in [3.63, 3.8) is 0 Å². The summed E-state index contributed by atoms with van der Waals surface area (Å²) in [5, 5.41) is 4.50. The summed E-state index contributed by atoms with van der Waals surface area (Å²) in [7, 11) is 0. The Morgan fingerprint density at radius 2 is 2.10 bits per heavy atom. The van der Waals surface area contributed by atoms with Crippen LogP contribution in [0.1, 0.15) is 22.9 Å². The monoisotopic (exact) mass is 283 g/mol. The van der Waals surface area contributed by atoms with Crippen LogP contribution in [0.15, 0.2) is 53.7 Å². The molecule has 3 rings (SSSR count). The second kappa shape index (κ2) is 6.09. The molecule has 0 aliphatic carbocycles. The van der Waals surface area contributed by atoms with Crippen LogP contribution in [-0.2, 0) is 6.54 Å². The van der Waals surface area contributed by atoms with Gasteiger partial charge in [0.05, 0.1) is 18.3 Å². The number of hydrogen-bond donors (Lipinski definition) is 1. The lowest BCUT2D eigenvalue weighted by Gasteiger charge is -2.09. The van der Waals surface area contributed by atoms with Crippen molar-refractivity contribution in [1.29, 1.82) is 0 Å². The van der Waals surface area contributed by atoms with Gasteiger partial charge in [0, 0.05) is 11.9 Å². The van der Waals surface area contributed by atoms with E-state index in [1.807, 2.05) is 18.3 Å². The lowest BCUT2D eigenvalue weighted by Crippen LogP contribution is -2.19. The zero-order chi connectivity index (χ0) is 13.8. The van der Waals surface area contributed by atoms with E-state index in [4.69, 9.17) is 0 Å². The Bertz CT molecular complexity index is 610. The number of amidine groups is 1. The Balaban J connectivity index is 1.66. The van der Waals surface area contributed by atoms with Crippen LogP contribution in [0.2, 0.25) is 0 Å². The van der Waals surface area contributed by atoms with E-state index in [9.17, 15) is 0 Å². The van der Waals surface area contributed by atoms with Crippen LogP contribution in [-0.4, -0.2) is 15.9 Å². The molecule has 0 bridgehead atoms. The highest BCUT2D eigenvalue weighted by Crippen LogP contribution is 2.26. The molecule has 2 aromatic rings. The molecule has 1 aliphatic heterocycles. The summed E-state index contributed by atoms with van der Waals surface area (Å²) < 4.78 is 0. The molecule has 0 radical (unpaired) electrons. The van der Waals surface area contributed by atoms with E-state index in [0.29, 0.717) is 12.6 Å². The number of thioether (sulfide) groups is 1. The van der Waals surface area contributed by atoms with E-state index in [1.54, 1.807) is 11.8 Å². The van der Waals surface area contributed by atoms with E-state index in [1.165, 1.54) is 11.1 Å². The van der Waals surface area contributed by atoms with E-state index < -0.39 is 0 Å². The highest BCUT2D eigenvalue weighted by atomic mass is 32.2. The SMILES string of the molecule is Cc1cccnc1CN=C1NC(c2ccccc2)CS1. The summed E-state index contributed by atoms with van der Waals surface area (Å²) >= 11 is 1.78. The standard InChI is InChI=1S/C16H17N3S/c1-12-6-5-9-17-14(12)10-18-16-19-15(11-20-16)13-7-3-2-4-8-13/h2-9,15H,10-11H2,1H3,(H,18,19). The van der Waals surface area contributed by atoms with Crippen molar-refractivity contribution in [3.8, 4) is 0 Å². The molecule has 1 aliphatic rings. The lowest BCUT2D eigenvalue weighted by molar-refractivity contribution is 0.748. The van der Waals surface area contributed by atoms with Crippen molar-refractivity contribution in [1.82, 2.24) is 10.3 Å². The number of pyridine rings is 1. The molecule has 2 heterocycles. The average molecular weight is 283 g/mol. The molecule has 4 heteroatoms. The highest BCUT2D eigenvalue weighted by molar-refractivity contribution is 8.14. The minimum absolute atomic E-state index is 0.366. The number of benzene rings is 1. The Hall–Kier alpha value is -1.81. The first-order valence-corrected chi connectivity index (χ1v) is 7.71. The zero-order valence-corrected chi connectivity index (χ0v) is 12.2. The summed E-state index contributed by atoms with van der Waals surface area (Å²) in [4.78, 5) is 9.01. The molecular weight excluding hydrogens is 266 g/mol. The number of rotatable bonds is 3. The molecule has 3 nitrogen and oxygen atoms in total. The van der Waals surface area contributed by atoms with Gasteiger partial charge in [-0.05, 0) is 24.1 Å². The second-order valence-corrected chi connectivity index (χ2v) is 5.82. The molecule has 1 N–H and O–H groups in total. The van der Waals surface area contributed by atoms with Gasteiger partial charge in [0.2, 0.25) is 0 Å². The van der Waals surface area contributed by atoms with Gasteiger partial charge in [0.25, 0.3) is 0 Å². The van der Waals surface area contributed by atoms with Gasteiger partial charge in [0.1, 0.15) is 0 Å². The van der Waals surface area contributed by atoms with Crippen LogP contribution in [0, 0.1) is 6.92 Å². The van der Waals surface area contributed by atoms with Gasteiger partial charge in [-0.25, -0.2) is 0 Å². The zero-order valence-electron chi connectivity index (χ0n) is 11.4. The fourth-order valence-electron chi connectivity index (χ4n) is 2.18. The number of nitrogens with zero attached hydrogens (tertiary/aromatic N) is 2. The molecular formula is C16H17N3S. The molecule has 1 aromatic heterocycles. The van der Waals surface area contributed by atoms with Gasteiger partial charge in [0.15, 0.2) is 5.17 Å². The molecule has 0 amide bonds. The predicted molar refractivity (Wildman–Crippen MR) is 84.9 cm³/mol. The van der Waals surface area contributed by atoms with Gasteiger partial charge in [-0.3, -0.25) is 9.98 Å². The Morgan fingerprint density at radius 1 is 1.25 bits per heavy atom. The third kappa shape index (κ3) is 3.02. The molecule has 102 valence electrons. The first-order chi connectivity index (χ1) is 9.83. The molecule has 1 aromatic carbocycles. The largest absolute Gasteiger partial charge is 0.357 e. The topological polar surface area (TPSA) is 37.3 Å². The lowest BCUT2D eigenvalue weighted by atomic mass is 10.1. The Morgan fingerprint density at radius 3 is 2.90 bits per heavy atom. The molecule has 1 saturated heterocycles. The van der Waals surface area contributed by atoms with E-state index in [0.717, 1.165) is 16.6 Å². The summed E-state index contributed by atoms with van der Waals surface area (Å²) in [6.07, 6.45) is 1.82. The van der Waals surface area contributed by atoms with Crippen molar-refractivity contribution in [2.24, 2.45) is 4.99 Å². The first kappa shape index (κ1) is 13.2. The maximum atomic E-state index is 4.64. The van der Waals surface area contributed by atoms with Crippen LogP contribution in [0.5, 0.6) is 0 Å². The van der Waals surface area contributed by atoms with Crippen LogP contribution in [0.4, 0.5) is 0 Å². The van der Waals surface area contributed by atoms with Crippen LogP contribution >= 0.6 is 11.8 Å². The Kier molecular flexibility index (Phi) is 4.02. The fourth-order valence-corrected chi connectivity index (χ4v) is 3.16. The van der Waals surface area contributed by atoms with E-state index >= 15 is 0 Å². The van der Waals surface area contributed by atoms with Crippen LogP contribution in [0.25, 0.3) is 0 Å².